The van der Waals surface area contributed by atoms with Crippen LogP contribution in [0.5, 0.6) is 0 Å². The number of amides is 1. The molecule has 1 amide bonds. The summed E-state index contributed by atoms with van der Waals surface area (Å²) in [6.45, 7) is 1.90. The van der Waals surface area contributed by atoms with E-state index in [0.29, 0.717) is 28.0 Å². The Bertz CT molecular complexity index is 882. The standard InChI is InChI=1S/C15H13ClN6O2/c1-8-10(15-19-5-6-24-15)22-13(17)11(21-8)14(23)20-7-9-3-2-4-18-12(9)16/h2-6H,7H2,1H3,(H2,17,22)(H,20,23). The first-order valence-electron chi connectivity index (χ1n) is 6.98. The number of rotatable bonds is 4. The van der Waals surface area contributed by atoms with Gasteiger partial charge in [0.2, 0.25) is 5.89 Å². The van der Waals surface area contributed by atoms with Gasteiger partial charge >= 0.3 is 0 Å². The molecule has 0 aliphatic heterocycles. The number of nitrogen functional groups attached to an aromatic ring is 1. The zero-order valence-electron chi connectivity index (χ0n) is 12.7. The van der Waals surface area contributed by atoms with E-state index in [2.05, 4.69) is 25.3 Å². The van der Waals surface area contributed by atoms with Crippen molar-refractivity contribution in [2.24, 2.45) is 0 Å². The van der Waals surface area contributed by atoms with Crippen LogP contribution in [0.2, 0.25) is 5.15 Å². The van der Waals surface area contributed by atoms with Gasteiger partial charge in [0, 0.05) is 18.3 Å². The van der Waals surface area contributed by atoms with Gasteiger partial charge in [-0.2, -0.15) is 0 Å². The lowest BCUT2D eigenvalue weighted by Gasteiger charge is -2.09. The maximum Gasteiger partial charge on any atom is 0.274 e. The first-order valence-corrected chi connectivity index (χ1v) is 7.35. The van der Waals surface area contributed by atoms with Crippen LogP contribution >= 0.6 is 11.6 Å². The average molecular weight is 345 g/mol. The molecular formula is C15H13ClN6O2. The van der Waals surface area contributed by atoms with E-state index < -0.39 is 5.91 Å². The van der Waals surface area contributed by atoms with E-state index in [1.165, 1.54) is 12.5 Å². The molecule has 0 bridgehead atoms. The van der Waals surface area contributed by atoms with Crippen molar-refractivity contribution < 1.29 is 9.21 Å². The fourth-order valence-corrected chi connectivity index (χ4v) is 2.24. The highest BCUT2D eigenvalue weighted by molar-refractivity contribution is 6.30. The molecule has 0 unspecified atom stereocenters. The minimum Gasteiger partial charge on any atom is -0.443 e. The van der Waals surface area contributed by atoms with Crippen LogP contribution in [0.1, 0.15) is 21.7 Å². The van der Waals surface area contributed by atoms with E-state index in [4.69, 9.17) is 21.8 Å². The summed E-state index contributed by atoms with van der Waals surface area (Å²) >= 11 is 5.96. The predicted octanol–water partition coefficient (Wildman–Crippen LogP) is 2.00. The number of nitrogens with one attached hydrogen (secondary N) is 1. The Morgan fingerprint density at radius 1 is 1.33 bits per heavy atom. The summed E-state index contributed by atoms with van der Waals surface area (Å²) in [6.07, 6.45) is 4.48. The van der Waals surface area contributed by atoms with Crippen molar-refractivity contribution in [1.82, 2.24) is 25.3 Å². The molecule has 0 aliphatic carbocycles. The van der Waals surface area contributed by atoms with Gasteiger partial charge in [0.15, 0.2) is 11.5 Å². The third-order valence-corrected chi connectivity index (χ3v) is 3.56. The van der Waals surface area contributed by atoms with Crippen molar-refractivity contribution in [2.75, 3.05) is 5.73 Å². The van der Waals surface area contributed by atoms with Crippen molar-refractivity contribution in [1.29, 1.82) is 0 Å². The minimum absolute atomic E-state index is 0.0106. The predicted molar refractivity (Wildman–Crippen MR) is 87.1 cm³/mol. The summed E-state index contributed by atoms with van der Waals surface area (Å²) in [5.74, 6) is -0.175. The first-order chi connectivity index (χ1) is 11.6. The van der Waals surface area contributed by atoms with Crippen LogP contribution < -0.4 is 11.1 Å². The summed E-state index contributed by atoms with van der Waals surface area (Å²) in [5, 5.41) is 3.02. The molecule has 0 saturated carbocycles. The van der Waals surface area contributed by atoms with Gasteiger partial charge in [-0.1, -0.05) is 17.7 Å². The molecule has 0 saturated heterocycles. The number of hydrogen-bond donors (Lipinski definition) is 2. The highest BCUT2D eigenvalue weighted by Gasteiger charge is 2.18. The second-order valence-electron chi connectivity index (χ2n) is 4.86. The lowest BCUT2D eigenvalue weighted by molar-refractivity contribution is 0.0946. The lowest BCUT2D eigenvalue weighted by atomic mass is 10.2. The number of nitrogens with zero attached hydrogens (tertiary/aromatic N) is 4. The quantitative estimate of drug-likeness (QED) is 0.694. The van der Waals surface area contributed by atoms with Gasteiger partial charge in [-0.15, -0.1) is 0 Å². The zero-order valence-corrected chi connectivity index (χ0v) is 13.4. The Kier molecular flexibility index (Phi) is 4.39. The van der Waals surface area contributed by atoms with Crippen LogP contribution in [0.15, 0.2) is 35.2 Å². The summed E-state index contributed by atoms with van der Waals surface area (Å²) in [7, 11) is 0. The molecule has 0 atom stereocenters. The molecule has 3 aromatic rings. The Hall–Kier alpha value is -3.00. The molecule has 3 heterocycles. The van der Waals surface area contributed by atoms with Gasteiger partial charge in [0.25, 0.3) is 5.91 Å². The van der Waals surface area contributed by atoms with Gasteiger partial charge in [0.1, 0.15) is 17.1 Å². The monoisotopic (exact) mass is 344 g/mol. The number of aromatic nitrogens is 4. The van der Waals surface area contributed by atoms with E-state index >= 15 is 0 Å². The average Bonchev–Trinajstić information content (AvgIpc) is 3.10. The summed E-state index contributed by atoms with van der Waals surface area (Å²) < 4.78 is 5.18. The molecule has 0 aromatic carbocycles. The van der Waals surface area contributed by atoms with Gasteiger partial charge in [0.05, 0.1) is 11.9 Å². The van der Waals surface area contributed by atoms with Crippen LogP contribution in [0.4, 0.5) is 5.82 Å². The van der Waals surface area contributed by atoms with Crippen LogP contribution in [0.25, 0.3) is 11.6 Å². The summed E-state index contributed by atoms with van der Waals surface area (Å²) in [6, 6.07) is 3.50. The third-order valence-electron chi connectivity index (χ3n) is 3.22. The molecular weight excluding hydrogens is 332 g/mol. The number of oxazole rings is 1. The van der Waals surface area contributed by atoms with Gasteiger partial charge < -0.3 is 15.5 Å². The molecule has 0 fully saturated rings. The van der Waals surface area contributed by atoms with Crippen molar-refractivity contribution in [3.63, 3.8) is 0 Å². The van der Waals surface area contributed by atoms with E-state index in [1.54, 1.807) is 25.3 Å². The summed E-state index contributed by atoms with van der Waals surface area (Å²) in [5.41, 5.74) is 7.45. The summed E-state index contributed by atoms with van der Waals surface area (Å²) in [4.78, 5) is 28.6. The smallest absolute Gasteiger partial charge is 0.274 e. The third kappa shape index (κ3) is 3.18. The molecule has 122 valence electrons. The number of pyridine rings is 1. The van der Waals surface area contributed by atoms with E-state index in [9.17, 15) is 4.79 Å². The number of halogens is 1. The Morgan fingerprint density at radius 2 is 2.17 bits per heavy atom. The maximum absolute atomic E-state index is 12.3. The normalized spacial score (nSPS) is 10.6. The number of carbonyl (C=O) groups is 1. The largest absolute Gasteiger partial charge is 0.443 e. The van der Waals surface area contributed by atoms with Crippen molar-refractivity contribution in [3.05, 3.63) is 52.9 Å². The van der Waals surface area contributed by atoms with Crippen molar-refractivity contribution in [2.45, 2.75) is 13.5 Å². The number of anilines is 1. The molecule has 0 spiro atoms. The number of aryl methyl sites for hydroxylation is 1. The van der Waals surface area contributed by atoms with Crippen LogP contribution in [-0.2, 0) is 6.54 Å². The fraction of sp³-hybridized carbons (Fsp3) is 0.133. The Balaban J connectivity index is 1.80. The second-order valence-corrected chi connectivity index (χ2v) is 5.22. The molecule has 3 aromatic heterocycles. The maximum atomic E-state index is 12.3. The molecule has 3 rings (SSSR count). The van der Waals surface area contributed by atoms with Gasteiger partial charge in [-0.3, -0.25) is 4.79 Å². The van der Waals surface area contributed by atoms with E-state index in [1.807, 2.05) is 0 Å². The van der Waals surface area contributed by atoms with E-state index in [-0.39, 0.29) is 18.1 Å². The van der Waals surface area contributed by atoms with Gasteiger partial charge in [-0.25, -0.2) is 19.9 Å². The van der Waals surface area contributed by atoms with Crippen LogP contribution in [-0.4, -0.2) is 25.8 Å². The number of carbonyl (C=O) groups excluding carboxylic acids is 1. The first kappa shape index (κ1) is 15.9. The van der Waals surface area contributed by atoms with Crippen LogP contribution in [0, 0.1) is 6.92 Å². The van der Waals surface area contributed by atoms with Crippen molar-refractivity contribution in [3.8, 4) is 11.6 Å². The lowest BCUT2D eigenvalue weighted by Crippen LogP contribution is -2.26. The molecule has 3 N–H and O–H groups in total. The SMILES string of the molecule is Cc1nc(C(=O)NCc2cccnc2Cl)c(N)nc1-c1ncco1. The Morgan fingerprint density at radius 3 is 2.88 bits per heavy atom. The minimum atomic E-state index is -0.457. The zero-order chi connectivity index (χ0) is 17.1. The molecule has 0 aliphatic rings. The molecule has 0 radical (unpaired) electrons. The molecule has 8 nitrogen and oxygen atoms in total. The second kappa shape index (κ2) is 6.63. The fourth-order valence-electron chi connectivity index (χ4n) is 2.05. The highest BCUT2D eigenvalue weighted by Crippen LogP contribution is 2.21. The topological polar surface area (TPSA) is 120 Å². The number of hydrogen-bond acceptors (Lipinski definition) is 7. The molecule has 9 heteroatoms. The van der Waals surface area contributed by atoms with Gasteiger partial charge in [-0.05, 0) is 13.0 Å². The van der Waals surface area contributed by atoms with E-state index in [0.717, 1.165) is 0 Å². The number of nitrogens with two attached hydrogens (primary N) is 1. The van der Waals surface area contributed by atoms with Crippen molar-refractivity contribution >= 4 is 23.3 Å². The highest BCUT2D eigenvalue weighted by atomic mass is 35.5. The Labute approximate surface area is 142 Å². The molecule has 24 heavy (non-hydrogen) atoms. The van der Waals surface area contributed by atoms with Crippen LogP contribution in [0.3, 0.4) is 0 Å².